The van der Waals surface area contributed by atoms with Gasteiger partial charge in [-0.05, 0) is 44.1 Å². The van der Waals surface area contributed by atoms with E-state index in [0.29, 0.717) is 23.7 Å². The molecule has 4 nitrogen and oxygen atoms in total. The van der Waals surface area contributed by atoms with Gasteiger partial charge in [0.05, 0.1) is 0 Å². The lowest BCUT2D eigenvalue weighted by molar-refractivity contribution is -0.137. The van der Waals surface area contributed by atoms with E-state index in [1.807, 2.05) is 0 Å². The van der Waals surface area contributed by atoms with Gasteiger partial charge in [-0.15, -0.1) is 0 Å². The van der Waals surface area contributed by atoms with Crippen molar-refractivity contribution >= 4 is 5.97 Å². The molecule has 0 aromatic rings. The Kier molecular flexibility index (Phi) is 5.44. The Labute approximate surface area is 122 Å². The van der Waals surface area contributed by atoms with Gasteiger partial charge >= 0.3 is 5.97 Å². The van der Waals surface area contributed by atoms with E-state index in [1.54, 1.807) is 0 Å². The maximum Gasteiger partial charge on any atom is 0.303 e. The summed E-state index contributed by atoms with van der Waals surface area (Å²) in [5.41, 5.74) is 0.548. The van der Waals surface area contributed by atoms with Gasteiger partial charge in [-0.3, -0.25) is 4.79 Å². The predicted octanol–water partition coefficient (Wildman–Crippen LogP) is 2.63. The Morgan fingerprint density at radius 1 is 1.25 bits per heavy atom. The standard InChI is InChI=1S/C16H29NO3/c1-13(2)14(3-4-15(18)19)5-8-17-11-16(12-17)6-9-20-10-7-16/h13-14H,3-12H2,1-2H3,(H,18,19). The highest BCUT2D eigenvalue weighted by atomic mass is 16.5. The van der Waals surface area contributed by atoms with E-state index >= 15 is 0 Å². The largest absolute Gasteiger partial charge is 0.481 e. The summed E-state index contributed by atoms with van der Waals surface area (Å²) in [6.45, 7) is 9.86. The molecule has 1 N–H and O–H groups in total. The number of carboxylic acids is 1. The first-order valence-corrected chi connectivity index (χ1v) is 8.03. The van der Waals surface area contributed by atoms with Gasteiger partial charge in [0.2, 0.25) is 0 Å². The lowest BCUT2D eigenvalue weighted by atomic mass is 9.73. The van der Waals surface area contributed by atoms with Gasteiger partial charge in [-0.1, -0.05) is 13.8 Å². The average Bonchev–Trinajstić information content (AvgIpc) is 2.36. The molecule has 2 fully saturated rings. The second-order valence-corrected chi connectivity index (χ2v) is 7.05. The number of hydrogen-bond acceptors (Lipinski definition) is 3. The van der Waals surface area contributed by atoms with Crippen molar-refractivity contribution in [3.8, 4) is 0 Å². The lowest BCUT2D eigenvalue weighted by Gasteiger charge is -2.52. The summed E-state index contributed by atoms with van der Waals surface area (Å²) in [5, 5.41) is 8.82. The van der Waals surface area contributed by atoms with Gasteiger partial charge in [0.1, 0.15) is 0 Å². The molecule has 1 spiro atoms. The molecule has 0 aromatic heterocycles. The van der Waals surface area contributed by atoms with Crippen molar-refractivity contribution < 1.29 is 14.6 Å². The number of ether oxygens (including phenoxy) is 1. The van der Waals surface area contributed by atoms with Crippen LogP contribution in [0.25, 0.3) is 0 Å². The predicted molar refractivity (Wildman–Crippen MR) is 78.7 cm³/mol. The van der Waals surface area contributed by atoms with E-state index < -0.39 is 5.97 Å². The number of nitrogens with zero attached hydrogens (tertiary/aromatic N) is 1. The van der Waals surface area contributed by atoms with Gasteiger partial charge in [0, 0.05) is 38.1 Å². The third-order valence-corrected chi connectivity index (χ3v) is 5.16. The molecule has 0 aliphatic carbocycles. The third-order valence-electron chi connectivity index (χ3n) is 5.16. The van der Waals surface area contributed by atoms with Crippen LogP contribution in [0.5, 0.6) is 0 Å². The molecular formula is C16H29NO3. The van der Waals surface area contributed by atoms with Crippen molar-refractivity contribution in [2.75, 3.05) is 32.8 Å². The molecule has 0 amide bonds. The summed E-state index contributed by atoms with van der Waals surface area (Å²) in [7, 11) is 0. The van der Waals surface area contributed by atoms with E-state index in [1.165, 1.54) is 25.9 Å². The van der Waals surface area contributed by atoms with Gasteiger partial charge in [0.25, 0.3) is 0 Å². The summed E-state index contributed by atoms with van der Waals surface area (Å²) in [6, 6.07) is 0. The molecule has 1 unspecified atom stereocenters. The molecule has 1 atom stereocenters. The highest BCUT2D eigenvalue weighted by molar-refractivity contribution is 5.66. The van der Waals surface area contributed by atoms with Crippen LogP contribution >= 0.6 is 0 Å². The van der Waals surface area contributed by atoms with E-state index in [2.05, 4.69) is 18.7 Å². The van der Waals surface area contributed by atoms with Crippen molar-refractivity contribution in [1.82, 2.24) is 4.90 Å². The average molecular weight is 283 g/mol. The van der Waals surface area contributed by atoms with E-state index in [-0.39, 0.29) is 0 Å². The molecule has 4 heteroatoms. The van der Waals surface area contributed by atoms with Crippen molar-refractivity contribution in [1.29, 1.82) is 0 Å². The van der Waals surface area contributed by atoms with Crippen LogP contribution in [0, 0.1) is 17.3 Å². The molecule has 2 rings (SSSR count). The first-order valence-electron chi connectivity index (χ1n) is 8.03. The molecule has 0 radical (unpaired) electrons. The molecule has 0 bridgehead atoms. The van der Waals surface area contributed by atoms with Crippen molar-refractivity contribution in [2.24, 2.45) is 17.3 Å². The van der Waals surface area contributed by atoms with Crippen molar-refractivity contribution in [3.05, 3.63) is 0 Å². The molecule has 116 valence electrons. The van der Waals surface area contributed by atoms with E-state index in [9.17, 15) is 4.79 Å². The summed E-state index contributed by atoms with van der Waals surface area (Å²) >= 11 is 0. The molecule has 20 heavy (non-hydrogen) atoms. The van der Waals surface area contributed by atoms with Gasteiger partial charge in [0.15, 0.2) is 0 Å². The highest BCUT2D eigenvalue weighted by Gasteiger charge is 2.43. The molecule has 2 heterocycles. The Morgan fingerprint density at radius 2 is 1.90 bits per heavy atom. The zero-order chi connectivity index (χ0) is 14.6. The second-order valence-electron chi connectivity index (χ2n) is 7.05. The highest BCUT2D eigenvalue weighted by Crippen LogP contribution is 2.40. The summed E-state index contributed by atoms with van der Waals surface area (Å²) in [6.07, 6.45) is 4.70. The molecular weight excluding hydrogens is 254 g/mol. The third kappa shape index (κ3) is 4.19. The summed E-state index contributed by atoms with van der Waals surface area (Å²) < 4.78 is 5.45. The van der Waals surface area contributed by atoms with Crippen LogP contribution in [-0.4, -0.2) is 48.8 Å². The fourth-order valence-corrected chi connectivity index (χ4v) is 3.65. The minimum atomic E-state index is -0.666. The first kappa shape index (κ1) is 15.8. The quantitative estimate of drug-likeness (QED) is 0.780. The zero-order valence-corrected chi connectivity index (χ0v) is 12.9. The van der Waals surface area contributed by atoms with Crippen LogP contribution in [-0.2, 0) is 9.53 Å². The van der Waals surface area contributed by atoms with Gasteiger partial charge in [-0.2, -0.15) is 0 Å². The maximum absolute atomic E-state index is 10.7. The number of rotatable bonds is 7. The van der Waals surface area contributed by atoms with Crippen molar-refractivity contribution in [2.45, 2.75) is 46.0 Å². The number of hydrogen-bond donors (Lipinski definition) is 1. The number of likely N-dealkylation sites (tertiary alicyclic amines) is 1. The van der Waals surface area contributed by atoms with Crippen molar-refractivity contribution in [3.63, 3.8) is 0 Å². The fourth-order valence-electron chi connectivity index (χ4n) is 3.65. The lowest BCUT2D eigenvalue weighted by Crippen LogP contribution is -2.58. The summed E-state index contributed by atoms with van der Waals surface area (Å²) in [4.78, 5) is 13.3. The minimum Gasteiger partial charge on any atom is -0.481 e. The molecule has 2 saturated heterocycles. The van der Waals surface area contributed by atoms with Gasteiger partial charge in [-0.25, -0.2) is 0 Å². The molecule has 0 saturated carbocycles. The smallest absolute Gasteiger partial charge is 0.303 e. The van der Waals surface area contributed by atoms with Crippen LogP contribution in [0.3, 0.4) is 0 Å². The second kappa shape index (κ2) is 6.90. The molecule has 2 aliphatic heterocycles. The number of aliphatic carboxylic acids is 1. The van der Waals surface area contributed by atoms with Crippen LogP contribution < -0.4 is 0 Å². The molecule has 2 aliphatic rings. The SMILES string of the molecule is CC(C)C(CCC(=O)O)CCN1CC2(CCOCC2)C1. The topological polar surface area (TPSA) is 49.8 Å². The van der Waals surface area contributed by atoms with Crippen LogP contribution in [0.15, 0.2) is 0 Å². The fraction of sp³-hybridized carbons (Fsp3) is 0.938. The maximum atomic E-state index is 10.7. The molecule has 0 aromatic carbocycles. The number of carboxylic acid groups (broad SMARTS) is 1. The zero-order valence-electron chi connectivity index (χ0n) is 12.9. The Morgan fingerprint density at radius 3 is 2.45 bits per heavy atom. The van der Waals surface area contributed by atoms with Gasteiger partial charge < -0.3 is 14.7 Å². The van der Waals surface area contributed by atoms with E-state index in [0.717, 1.165) is 32.6 Å². The van der Waals surface area contributed by atoms with Crippen LogP contribution in [0.1, 0.15) is 46.0 Å². The van der Waals surface area contributed by atoms with Crippen LogP contribution in [0.2, 0.25) is 0 Å². The van der Waals surface area contributed by atoms with Crippen LogP contribution in [0.4, 0.5) is 0 Å². The minimum absolute atomic E-state index is 0.310. The Balaban J connectivity index is 1.67. The summed E-state index contributed by atoms with van der Waals surface area (Å²) in [5.74, 6) is 0.450. The normalized spacial score (nSPS) is 23.8. The number of carbonyl (C=O) groups is 1. The Hall–Kier alpha value is -0.610. The monoisotopic (exact) mass is 283 g/mol. The first-order chi connectivity index (χ1) is 9.51. The van der Waals surface area contributed by atoms with E-state index in [4.69, 9.17) is 9.84 Å². The Bertz CT molecular complexity index is 316.